The van der Waals surface area contributed by atoms with Crippen molar-refractivity contribution < 1.29 is 9.90 Å². The lowest BCUT2D eigenvalue weighted by Crippen LogP contribution is -2.39. The summed E-state index contributed by atoms with van der Waals surface area (Å²) in [6.07, 6.45) is 6.90. The average Bonchev–Trinajstić information content (AvgIpc) is 2.71. The lowest BCUT2D eigenvalue weighted by Gasteiger charge is -2.38. The summed E-state index contributed by atoms with van der Waals surface area (Å²) in [6, 6.07) is -0.0150. The highest BCUT2D eigenvalue weighted by molar-refractivity contribution is 5.75. The summed E-state index contributed by atoms with van der Waals surface area (Å²) in [5.41, 5.74) is -0.680. The largest absolute Gasteiger partial charge is 0.481 e. The van der Waals surface area contributed by atoms with Gasteiger partial charge in [0.05, 0.1) is 11.5 Å². The minimum absolute atomic E-state index is 0.0150. The van der Waals surface area contributed by atoms with Gasteiger partial charge in [-0.15, -0.1) is 10.2 Å². The molecule has 0 aliphatic heterocycles. The van der Waals surface area contributed by atoms with Crippen LogP contribution in [0.2, 0.25) is 0 Å². The highest BCUT2D eigenvalue weighted by Crippen LogP contribution is 2.44. The first-order valence-electron chi connectivity index (χ1n) is 5.22. The van der Waals surface area contributed by atoms with Crippen LogP contribution in [0.3, 0.4) is 0 Å². The van der Waals surface area contributed by atoms with Gasteiger partial charge in [0.2, 0.25) is 0 Å². The smallest absolute Gasteiger partial charge is 0.311 e. The summed E-state index contributed by atoms with van der Waals surface area (Å²) in [5.74, 6) is -0.721. The molecule has 0 spiro atoms. The molecule has 5 heteroatoms. The number of rotatable bonds is 2. The second-order valence-corrected chi connectivity index (χ2v) is 4.39. The maximum atomic E-state index is 11.3. The van der Waals surface area contributed by atoms with E-state index in [0.717, 1.165) is 25.7 Å². The number of aromatic nitrogens is 3. The molecule has 0 amide bonds. The number of aliphatic carboxylic acids is 1. The molecule has 15 heavy (non-hydrogen) atoms. The maximum Gasteiger partial charge on any atom is 0.311 e. The van der Waals surface area contributed by atoms with Gasteiger partial charge in [0.25, 0.3) is 0 Å². The van der Waals surface area contributed by atoms with Gasteiger partial charge >= 0.3 is 5.97 Å². The van der Waals surface area contributed by atoms with E-state index < -0.39 is 11.4 Å². The van der Waals surface area contributed by atoms with Crippen LogP contribution in [0.25, 0.3) is 0 Å². The Morgan fingerprint density at radius 2 is 2.13 bits per heavy atom. The molecular formula is C10H15N3O2. The molecule has 2 rings (SSSR count). The van der Waals surface area contributed by atoms with Crippen molar-refractivity contribution in [1.82, 2.24) is 14.8 Å². The fraction of sp³-hybridized carbons (Fsp3) is 0.700. The van der Waals surface area contributed by atoms with Gasteiger partial charge in [0.1, 0.15) is 12.7 Å². The monoisotopic (exact) mass is 209 g/mol. The highest BCUT2D eigenvalue weighted by Gasteiger charge is 2.44. The Morgan fingerprint density at radius 1 is 1.47 bits per heavy atom. The molecule has 1 saturated carbocycles. The first-order chi connectivity index (χ1) is 7.14. The van der Waals surface area contributed by atoms with E-state index in [9.17, 15) is 9.90 Å². The van der Waals surface area contributed by atoms with Gasteiger partial charge < -0.3 is 9.67 Å². The third-order valence-electron chi connectivity index (χ3n) is 3.44. The Bertz CT molecular complexity index is 350. The van der Waals surface area contributed by atoms with Crippen LogP contribution in [-0.4, -0.2) is 25.8 Å². The summed E-state index contributed by atoms with van der Waals surface area (Å²) >= 11 is 0. The molecule has 2 atom stereocenters. The van der Waals surface area contributed by atoms with Crippen molar-refractivity contribution in [1.29, 1.82) is 0 Å². The molecule has 1 N–H and O–H groups in total. The maximum absolute atomic E-state index is 11.3. The first-order valence-corrected chi connectivity index (χ1v) is 5.22. The summed E-state index contributed by atoms with van der Waals surface area (Å²) in [4.78, 5) is 11.3. The summed E-state index contributed by atoms with van der Waals surface area (Å²) in [6.45, 7) is 1.82. The Balaban J connectivity index is 2.31. The minimum Gasteiger partial charge on any atom is -0.481 e. The van der Waals surface area contributed by atoms with Gasteiger partial charge in [-0.05, 0) is 19.8 Å². The van der Waals surface area contributed by atoms with Crippen molar-refractivity contribution in [3.05, 3.63) is 12.7 Å². The van der Waals surface area contributed by atoms with Gasteiger partial charge in [-0.25, -0.2) is 0 Å². The van der Waals surface area contributed by atoms with Gasteiger partial charge in [0, 0.05) is 0 Å². The molecule has 1 heterocycles. The fourth-order valence-electron chi connectivity index (χ4n) is 2.41. The predicted octanol–water partition coefficient (Wildman–Crippen LogP) is 1.48. The van der Waals surface area contributed by atoms with Crippen LogP contribution < -0.4 is 0 Å². The minimum atomic E-state index is -0.721. The molecule has 2 unspecified atom stereocenters. The van der Waals surface area contributed by atoms with Gasteiger partial charge in [-0.1, -0.05) is 12.8 Å². The Labute approximate surface area is 88.1 Å². The van der Waals surface area contributed by atoms with E-state index >= 15 is 0 Å². The van der Waals surface area contributed by atoms with Crippen molar-refractivity contribution >= 4 is 5.97 Å². The third-order valence-corrected chi connectivity index (χ3v) is 3.44. The van der Waals surface area contributed by atoms with Gasteiger partial charge in [-0.3, -0.25) is 4.79 Å². The van der Waals surface area contributed by atoms with Crippen molar-refractivity contribution in [2.75, 3.05) is 0 Å². The summed E-state index contributed by atoms with van der Waals surface area (Å²) in [5, 5.41) is 16.8. The molecule has 1 aliphatic carbocycles. The van der Waals surface area contributed by atoms with Crippen LogP contribution in [0.15, 0.2) is 12.7 Å². The van der Waals surface area contributed by atoms with Crippen LogP contribution in [0, 0.1) is 5.41 Å². The highest BCUT2D eigenvalue weighted by atomic mass is 16.4. The molecule has 1 fully saturated rings. The molecule has 1 aromatic heterocycles. The van der Waals surface area contributed by atoms with E-state index in [1.165, 1.54) is 0 Å². The zero-order chi connectivity index (χ0) is 10.9. The Morgan fingerprint density at radius 3 is 2.73 bits per heavy atom. The number of nitrogens with zero attached hydrogens (tertiary/aromatic N) is 3. The van der Waals surface area contributed by atoms with Crippen LogP contribution in [0.1, 0.15) is 38.6 Å². The average molecular weight is 209 g/mol. The Kier molecular flexibility index (Phi) is 2.46. The third kappa shape index (κ3) is 1.62. The second kappa shape index (κ2) is 3.64. The number of hydrogen-bond donors (Lipinski definition) is 1. The first kappa shape index (κ1) is 10.1. The predicted molar refractivity (Wildman–Crippen MR) is 53.3 cm³/mol. The van der Waals surface area contributed by atoms with Crippen molar-refractivity contribution in [2.24, 2.45) is 5.41 Å². The zero-order valence-electron chi connectivity index (χ0n) is 8.76. The van der Waals surface area contributed by atoms with E-state index in [4.69, 9.17) is 0 Å². The van der Waals surface area contributed by atoms with E-state index in [1.54, 1.807) is 12.7 Å². The molecule has 1 aliphatic rings. The molecular weight excluding hydrogens is 194 g/mol. The lowest BCUT2D eigenvalue weighted by molar-refractivity contribution is -0.152. The van der Waals surface area contributed by atoms with E-state index in [2.05, 4.69) is 10.2 Å². The standard InChI is InChI=1S/C10H15N3O2/c1-10(9(14)15)5-3-2-4-8(10)13-6-11-12-7-13/h6-8H,2-5H2,1H3,(H,14,15). The molecule has 1 aromatic rings. The molecule has 5 nitrogen and oxygen atoms in total. The number of carboxylic acid groups (broad SMARTS) is 1. The topological polar surface area (TPSA) is 68.0 Å². The quantitative estimate of drug-likeness (QED) is 0.801. The summed E-state index contributed by atoms with van der Waals surface area (Å²) < 4.78 is 1.83. The SMILES string of the molecule is CC1(C(=O)O)CCCCC1n1cnnc1. The van der Waals surface area contributed by atoms with Gasteiger partial charge in [0.15, 0.2) is 0 Å². The molecule has 0 saturated heterocycles. The van der Waals surface area contributed by atoms with Crippen LogP contribution in [0.4, 0.5) is 0 Å². The molecule has 0 bridgehead atoms. The van der Waals surface area contributed by atoms with Gasteiger partial charge in [-0.2, -0.15) is 0 Å². The van der Waals surface area contributed by atoms with Crippen LogP contribution >= 0.6 is 0 Å². The van der Waals surface area contributed by atoms with E-state index in [-0.39, 0.29) is 6.04 Å². The number of carboxylic acids is 1. The molecule has 0 aromatic carbocycles. The Hall–Kier alpha value is -1.39. The van der Waals surface area contributed by atoms with E-state index in [1.807, 2.05) is 11.5 Å². The number of carbonyl (C=O) groups is 1. The molecule has 82 valence electrons. The van der Waals surface area contributed by atoms with Crippen LogP contribution in [-0.2, 0) is 4.79 Å². The van der Waals surface area contributed by atoms with E-state index in [0.29, 0.717) is 0 Å². The molecule has 0 radical (unpaired) electrons. The second-order valence-electron chi connectivity index (χ2n) is 4.39. The number of hydrogen-bond acceptors (Lipinski definition) is 3. The lowest BCUT2D eigenvalue weighted by atomic mass is 9.71. The summed E-state index contributed by atoms with van der Waals surface area (Å²) in [7, 11) is 0. The normalized spacial score (nSPS) is 31.4. The van der Waals surface area contributed by atoms with Crippen molar-refractivity contribution in [3.63, 3.8) is 0 Å². The van der Waals surface area contributed by atoms with Crippen molar-refractivity contribution in [3.8, 4) is 0 Å². The fourth-order valence-corrected chi connectivity index (χ4v) is 2.41. The van der Waals surface area contributed by atoms with Crippen molar-refractivity contribution in [2.45, 2.75) is 38.6 Å². The zero-order valence-corrected chi connectivity index (χ0v) is 8.76. The van der Waals surface area contributed by atoms with Crippen LogP contribution in [0.5, 0.6) is 0 Å².